The summed E-state index contributed by atoms with van der Waals surface area (Å²) < 4.78 is 5.26. The van der Waals surface area contributed by atoms with Gasteiger partial charge in [-0.05, 0) is 31.7 Å². The van der Waals surface area contributed by atoms with Gasteiger partial charge in [0.25, 0.3) is 0 Å². The maximum Gasteiger partial charge on any atom is 0.173 e. The summed E-state index contributed by atoms with van der Waals surface area (Å²) in [7, 11) is 3.73. The predicted octanol–water partition coefficient (Wildman–Crippen LogP) is 0.926. The molecule has 6 nitrogen and oxygen atoms in total. The number of hydrogen-bond acceptors (Lipinski definition) is 5. The number of piperazine rings is 1. The van der Waals surface area contributed by atoms with Crippen LogP contribution < -0.4 is 10.5 Å². The van der Waals surface area contributed by atoms with Gasteiger partial charge in [-0.15, -0.1) is 0 Å². The fraction of sp³-hybridized carbons (Fsp3) is 0.533. The molecule has 116 valence electrons. The van der Waals surface area contributed by atoms with Gasteiger partial charge in [-0.1, -0.05) is 11.2 Å². The Morgan fingerprint density at radius 1 is 1.48 bits per heavy atom. The fourth-order valence-corrected chi connectivity index (χ4v) is 2.75. The molecule has 1 fully saturated rings. The number of likely N-dealkylation sites (N-methyl/N-ethyl adjacent to an activating group) is 1. The average Bonchev–Trinajstić information content (AvgIpc) is 2.49. The van der Waals surface area contributed by atoms with Crippen LogP contribution in [0.3, 0.4) is 0 Å². The molecule has 3 N–H and O–H groups in total. The van der Waals surface area contributed by atoms with Crippen molar-refractivity contribution in [2.45, 2.75) is 19.5 Å². The average molecular weight is 292 g/mol. The van der Waals surface area contributed by atoms with E-state index in [1.165, 1.54) is 0 Å². The molecular formula is C15H24N4O2. The summed E-state index contributed by atoms with van der Waals surface area (Å²) >= 11 is 0. The molecule has 1 aliphatic rings. The summed E-state index contributed by atoms with van der Waals surface area (Å²) in [6.45, 7) is 6.29. The van der Waals surface area contributed by atoms with Gasteiger partial charge in [0.15, 0.2) is 5.84 Å². The first-order valence-electron chi connectivity index (χ1n) is 7.12. The van der Waals surface area contributed by atoms with E-state index in [4.69, 9.17) is 15.7 Å². The number of nitrogens with zero attached hydrogens (tertiary/aromatic N) is 3. The second-order valence-corrected chi connectivity index (χ2v) is 5.60. The van der Waals surface area contributed by atoms with Crippen LogP contribution in [0.5, 0.6) is 5.75 Å². The lowest BCUT2D eigenvalue weighted by Crippen LogP contribution is -2.49. The van der Waals surface area contributed by atoms with Crippen molar-refractivity contribution in [3.8, 4) is 5.75 Å². The van der Waals surface area contributed by atoms with E-state index in [9.17, 15) is 0 Å². The Balaban J connectivity index is 2.17. The second-order valence-electron chi connectivity index (χ2n) is 5.60. The summed E-state index contributed by atoms with van der Waals surface area (Å²) in [5.74, 6) is 0.681. The van der Waals surface area contributed by atoms with Crippen molar-refractivity contribution in [3.63, 3.8) is 0 Å². The molecule has 0 saturated carbocycles. The van der Waals surface area contributed by atoms with Gasteiger partial charge in [0.05, 0.1) is 12.7 Å². The first-order chi connectivity index (χ1) is 10.0. The molecule has 21 heavy (non-hydrogen) atoms. The third kappa shape index (κ3) is 3.65. The van der Waals surface area contributed by atoms with Gasteiger partial charge in [0, 0.05) is 32.2 Å². The quantitative estimate of drug-likeness (QED) is 0.374. The highest BCUT2D eigenvalue weighted by molar-refractivity contribution is 5.99. The molecule has 1 aromatic carbocycles. The molecule has 0 aromatic heterocycles. The molecule has 0 radical (unpaired) electrons. The standard InChI is InChI=1S/C15H24N4O2/c1-11-9-18(2)6-7-19(11)10-12-4-5-14(21-3)13(8-12)15(16)17-20/h4-5,8,11,20H,6-7,9-10H2,1-3H3,(H2,16,17). The molecule has 1 atom stereocenters. The highest BCUT2D eigenvalue weighted by Gasteiger charge is 2.21. The molecular weight excluding hydrogens is 268 g/mol. The van der Waals surface area contributed by atoms with Gasteiger partial charge >= 0.3 is 0 Å². The Hall–Kier alpha value is -1.79. The van der Waals surface area contributed by atoms with Gasteiger partial charge in [0.2, 0.25) is 0 Å². The smallest absolute Gasteiger partial charge is 0.173 e. The van der Waals surface area contributed by atoms with Gasteiger partial charge in [-0.2, -0.15) is 0 Å². The number of oxime groups is 1. The van der Waals surface area contributed by atoms with Crippen LogP contribution in [0.2, 0.25) is 0 Å². The third-order valence-electron chi connectivity index (χ3n) is 4.00. The minimum Gasteiger partial charge on any atom is -0.496 e. The number of methoxy groups -OCH3 is 1. The molecule has 1 unspecified atom stereocenters. The summed E-state index contributed by atoms with van der Waals surface area (Å²) in [4.78, 5) is 4.79. The van der Waals surface area contributed by atoms with Crippen LogP contribution in [0.4, 0.5) is 0 Å². The monoisotopic (exact) mass is 292 g/mol. The highest BCUT2D eigenvalue weighted by Crippen LogP contribution is 2.21. The molecule has 1 heterocycles. The summed E-state index contributed by atoms with van der Waals surface area (Å²) in [6, 6.07) is 6.33. The zero-order valence-corrected chi connectivity index (χ0v) is 12.9. The summed E-state index contributed by atoms with van der Waals surface area (Å²) in [5, 5.41) is 12.0. The Bertz CT molecular complexity index is 518. The molecule has 6 heteroatoms. The Kier molecular flexibility index (Phi) is 5.03. The number of ether oxygens (including phenoxy) is 1. The lowest BCUT2D eigenvalue weighted by atomic mass is 10.1. The molecule has 0 spiro atoms. The largest absolute Gasteiger partial charge is 0.496 e. The van der Waals surface area contributed by atoms with Gasteiger partial charge < -0.3 is 20.6 Å². The molecule has 1 aromatic rings. The predicted molar refractivity (Wildman–Crippen MR) is 82.9 cm³/mol. The zero-order valence-electron chi connectivity index (χ0n) is 12.9. The lowest BCUT2D eigenvalue weighted by molar-refractivity contribution is 0.0938. The highest BCUT2D eigenvalue weighted by atomic mass is 16.5. The Morgan fingerprint density at radius 2 is 2.24 bits per heavy atom. The second kappa shape index (κ2) is 6.78. The van der Waals surface area contributed by atoms with Crippen LogP contribution in [0, 0.1) is 0 Å². The van der Waals surface area contributed by atoms with Crippen LogP contribution >= 0.6 is 0 Å². The van der Waals surface area contributed by atoms with E-state index in [1.54, 1.807) is 7.11 Å². The van der Waals surface area contributed by atoms with Crippen molar-refractivity contribution in [2.75, 3.05) is 33.8 Å². The fourth-order valence-electron chi connectivity index (χ4n) is 2.75. The Morgan fingerprint density at radius 3 is 2.86 bits per heavy atom. The summed E-state index contributed by atoms with van der Waals surface area (Å²) in [6.07, 6.45) is 0. The third-order valence-corrected chi connectivity index (χ3v) is 4.00. The van der Waals surface area contributed by atoms with Crippen molar-refractivity contribution in [3.05, 3.63) is 29.3 Å². The van der Waals surface area contributed by atoms with Crippen molar-refractivity contribution < 1.29 is 9.94 Å². The first-order valence-corrected chi connectivity index (χ1v) is 7.12. The molecule has 0 amide bonds. The topological polar surface area (TPSA) is 74.3 Å². The van der Waals surface area contributed by atoms with E-state index in [0.29, 0.717) is 17.4 Å². The SMILES string of the molecule is COc1ccc(CN2CCN(C)CC2C)cc1/C(N)=N/O. The van der Waals surface area contributed by atoms with Gasteiger partial charge in [-0.3, -0.25) is 4.90 Å². The molecule has 0 bridgehead atoms. The maximum absolute atomic E-state index is 8.88. The normalized spacial score (nSPS) is 21.5. The van der Waals surface area contributed by atoms with Gasteiger partial charge in [0.1, 0.15) is 5.75 Å². The number of benzene rings is 1. The van der Waals surface area contributed by atoms with Crippen molar-refractivity contribution in [1.82, 2.24) is 9.80 Å². The van der Waals surface area contributed by atoms with E-state index in [1.807, 2.05) is 18.2 Å². The van der Waals surface area contributed by atoms with Crippen molar-refractivity contribution in [1.29, 1.82) is 0 Å². The van der Waals surface area contributed by atoms with Crippen LogP contribution in [-0.2, 0) is 6.54 Å². The Labute approximate surface area is 125 Å². The van der Waals surface area contributed by atoms with Crippen molar-refractivity contribution in [2.24, 2.45) is 10.9 Å². The number of nitrogens with two attached hydrogens (primary N) is 1. The molecule has 1 aliphatic heterocycles. The van der Waals surface area contributed by atoms with Gasteiger partial charge in [-0.25, -0.2) is 0 Å². The molecule has 1 saturated heterocycles. The van der Waals surface area contributed by atoms with E-state index < -0.39 is 0 Å². The van der Waals surface area contributed by atoms with E-state index in [2.05, 4.69) is 28.9 Å². The molecule has 0 aliphatic carbocycles. The zero-order chi connectivity index (χ0) is 15.4. The van der Waals surface area contributed by atoms with Crippen LogP contribution in [-0.4, -0.2) is 60.7 Å². The maximum atomic E-state index is 8.88. The first kappa shape index (κ1) is 15.6. The summed E-state index contributed by atoms with van der Waals surface area (Å²) in [5.41, 5.74) is 7.48. The number of rotatable bonds is 4. The lowest BCUT2D eigenvalue weighted by Gasteiger charge is -2.38. The van der Waals surface area contributed by atoms with E-state index >= 15 is 0 Å². The van der Waals surface area contributed by atoms with E-state index in [-0.39, 0.29) is 5.84 Å². The minimum absolute atomic E-state index is 0.0696. The van der Waals surface area contributed by atoms with Crippen molar-refractivity contribution >= 4 is 5.84 Å². The number of hydrogen-bond donors (Lipinski definition) is 2. The molecule has 2 rings (SSSR count). The van der Waals surface area contributed by atoms with E-state index in [0.717, 1.165) is 31.7 Å². The minimum atomic E-state index is 0.0696. The number of amidine groups is 1. The van der Waals surface area contributed by atoms with Crippen LogP contribution in [0.1, 0.15) is 18.1 Å². The van der Waals surface area contributed by atoms with Crippen LogP contribution in [0.25, 0.3) is 0 Å². The van der Waals surface area contributed by atoms with Crippen LogP contribution in [0.15, 0.2) is 23.4 Å².